The predicted octanol–water partition coefficient (Wildman–Crippen LogP) is -0.0902. The van der Waals surface area contributed by atoms with Gasteiger partial charge in [0, 0.05) is 6.04 Å². The van der Waals surface area contributed by atoms with Crippen molar-refractivity contribution >= 4 is 5.91 Å². The van der Waals surface area contributed by atoms with Crippen LogP contribution >= 0.6 is 0 Å². The monoisotopic (exact) mass is 129 g/mol. The molecule has 1 aliphatic rings. The van der Waals surface area contributed by atoms with Crippen LogP contribution in [0.1, 0.15) is 13.8 Å². The van der Waals surface area contributed by atoms with E-state index in [2.05, 4.69) is 5.32 Å². The maximum atomic E-state index is 10.8. The molecule has 0 spiro atoms. The second-order valence-electron chi connectivity index (χ2n) is 2.39. The van der Waals surface area contributed by atoms with Crippen LogP contribution in [0.4, 0.5) is 0 Å². The van der Waals surface area contributed by atoms with E-state index >= 15 is 0 Å². The Bertz CT molecular complexity index is 124. The minimum Gasteiger partial charge on any atom is -0.367 e. The zero-order valence-corrected chi connectivity index (χ0v) is 5.68. The summed E-state index contributed by atoms with van der Waals surface area (Å²) in [5.41, 5.74) is 0. The Kier molecular flexibility index (Phi) is 1.71. The molecule has 1 saturated heterocycles. The highest BCUT2D eigenvalue weighted by atomic mass is 16.5. The van der Waals surface area contributed by atoms with E-state index in [1.807, 2.05) is 6.92 Å². The smallest absolute Gasteiger partial charge is 0.249 e. The van der Waals surface area contributed by atoms with E-state index in [0.717, 1.165) is 0 Å². The van der Waals surface area contributed by atoms with Crippen LogP contribution in [-0.2, 0) is 9.53 Å². The molecule has 1 amide bonds. The lowest BCUT2D eigenvalue weighted by molar-refractivity contribution is -0.138. The quantitative estimate of drug-likeness (QED) is 0.496. The lowest BCUT2D eigenvalue weighted by Crippen LogP contribution is -2.48. The molecule has 1 heterocycles. The van der Waals surface area contributed by atoms with Gasteiger partial charge in [-0.1, -0.05) is 0 Å². The summed E-state index contributed by atoms with van der Waals surface area (Å²) in [6.45, 7) is 4.30. The fourth-order valence-corrected chi connectivity index (χ4v) is 0.766. The number of nitrogens with one attached hydrogen (secondary N) is 1. The summed E-state index contributed by atoms with van der Waals surface area (Å²) in [4.78, 5) is 10.8. The van der Waals surface area contributed by atoms with Crippen LogP contribution in [0, 0.1) is 0 Å². The molecule has 0 aromatic rings. The first-order valence-corrected chi connectivity index (χ1v) is 3.12. The molecular formula is C6H11NO2. The Balaban J connectivity index is 2.44. The van der Waals surface area contributed by atoms with Crippen molar-refractivity contribution in [2.45, 2.75) is 26.0 Å². The first-order valence-electron chi connectivity index (χ1n) is 3.12. The molecule has 2 atom stereocenters. The van der Waals surface area contributed by atoms with Crippen LogP contribution in [-0.4, -0.2) is 24.7 Å². The second-order valence-corrected chi connectivity index (χ2v) is 2.39. The van der Waals surface area contributed by atoms with E-state index < -0.39 is 0 Å². The van der Waals surface area contributed by atoms with Crippen molar-refractivity contribution < 1.29 is 9.53 Å². The molecule has 3 nitrogen and oxygen atoms in total. The summed E-state index contributed by atoms with van der Waals surface area (Å²) in [6.07, 6.45) is -0.263. The minimum absolute atomic E-state index is 0.00579. The molecule has 52 valence electrons. The summed E-state index contributed by atoms with van der Waals surface area (Å²) in [5.74, 6) is -0.00579. The zero-order chi connectivity index (χ0) is 6.85. The van der Waals surface area contributed by atoms with Crippen LogP contribution in [0.15, 0.2) is 0 Å². The van der Waals surface area contributed by atoms with E-state index in [4.69, 9.17) is 4.74 Å². The third-order valence-corrected chi connectivity index (χ3v) is 1.35. The number of rotatable bonds is 0. The maximum absolute atomic E-state index is 10.8. The Hall–Kier alpha value is -0.570. The van der Waals surface area contributed by atoms with Crippen molar-refractivity contribution in [2.24, 2.45) is 0 Å². The molecule has 0 aromatic heterocycles. The molecule has 0 bridgehead atoms. The molecule has 1 rings (SSSR count). The van der Waals surface area contributed by atoms with Crippen molar-refractivity contribution in [3.8, 4) is 0 Å². The van der Waals surface area contributed by atoms with E-state index in [1.54, 1.807) is 6.92 Å². The highest BCUT2D eigenvalue weighted by molar-refractivity contribution is 5.81. The van der Waals surface area contributed by atoms with Crippen LogP contribution in [0.5, 0.6) is 0 Å². The maximum Gasteiger partial charge on any atom is 0.249 e. The predicted molar refractivity (Wildman–Crippen MR) is 33.0 cm³/mol. The summed E-state index contributed by atoms with van der Waals surface area (Å²) in [7, 11) is 0. The van der Waals surface area contributed by atoms with Gasteiger partial charge in [0.05, 0.1) is 6.61 Å². The largest absolute Gasteiger partial charge is 0.367 e. The van der Waals surface area contributed by atoms with Gasteiger partial charge in [-0.25, -0.2) is 0 Å². The number of amides is 1. The summed E-state index contributed by atoms with van der Waals surface area (Å²) in [6, 6.07) is 0.175. The van der Waals surface area contributed by atoms with E-state index in [9.17, 15) is 4.79 Å². The Morgan fingerprint density at radius 1 is 1.67 bits per heavy atom. The van der Waals surface area contributed by atoms with Crippen molar-refractivity contribution in [1.29, 1.82) is 0 Å². The van der Waals surface area contributed by atoms with Crippen molar-refractivity contribution in [3.05, 3.63) is 0 Å². The molecule has 3 heteroatoms. The number of hydrogen-bond donors (Lipinski definition) is 1. The van der Waals surface area contributed by atoms with Crippen molar-refractivity contribution in [1.82, 2.24) is 5.32 Å². The van der Waals surface area contributed by atoms with Crippen molar-refractivity contribution in [3.63, 3.8) is 0 Å². The fourth-order valence-electron chi connectivity index (χ4n) is 0.766. The number of ether oxygens (including phenoxy) is 1. The molecule has 1 N–H and O–H groups in total. The summed E-state index contributed by atoms with van der Waals surface area (Å²) < 4.78 is 5.09. The van der Waals surface area contributed by atoms with E-state index in [0.29, 0.717) is 6.61 Å². The van der Waals surface area contributed by atoms with Gasteiger partial charge in [0.25, 0.3) is 0 Å². The van der Waals surface area contributed by atoms with Crippen LogP contribution in [0.2, 0.25) is 0 Å². The lowest BCUT2D eigenvalue weighted by Gasteiger charge is -2.24. The van der Waals surface area contributed by atoms with Gasteiger partial charge in [0.1, 0.15) is 6.10 Å². The molecule has 1 aliphatic heterocycles. The van der Waals surface area contributed by atoms with Gasteiger partial charge in [0.2, 0.25) is 5.91 Å². The molecule has 0 saturated carbocycles. The fraction of sp³-hybridized carbons (Fsp3) is 0.833. The Labute approximate surface area is 54.4 Å². The molecule has 9 heavy (non-hydrogen) atoms. The van der Waals surface area contributed by atoms with E-state index in [1.165, 1.54) is 0 Å². The third kappa shape index (κ3) is 1.42. The van der Waals surface area contributed by atoms with Crippen LogP contribution < -0.4 is 5.32 Å². The number of hydrogen-bond acceptors (Lipinski definition) is 2. The summed E-state index contributed by atoms with van der Waals surface area (Å²) in [5, 5.41) is 2.77. The first-order chi connectivity index (χ1) is 4.20. The Morgan fingerprint density at radius 3 is 2.78 bits per heavy atom. The molecule has 0 aliphatic carbocycles. The lowest BCUT2D eigenvalue weighted by atomic mass is 10.2. The second kappa shape index (κ2) is 2.35. The number of carbonyl (C=O) groups is 1. The van der Waals surface area contributed by atoms with Gasteiger partial charge < -0.3 is 10.1 Å². The summed E-state index contributed by atoms with van der Waals surface area (Å²) >= 11 is 0. The average molecular weight is 129 g/mol. The number of carbonyl (C=O) groups excluding carboxylic acids is 1. The molecule has 0 aromatic carbocycles. The van der Waals surface area contributed by atoms with Gasteiger partial charge in [-0.3, -0.25) is 4.79 Å². The van der Waals surface area contributed by atoms with Gasteiger partial charge in [0.15, 0.2) is 0 Å². The molecule has 0 unspecified atom stereocenters. The SMILES string of the molecule is C[C@@H]1OC[C@H](C)NC1=O. The highest BCUT2D eigenvalue weighted by Crippen LogP contribution is 1.99. The van der Waals surface area contributed by atoms with E-state index in [-0.39, 0.29) is 18.1 Å². The first kappa shape index (κ1) is 6.55. The zero-order valence-electron chi connectivity index (χ0n) is 5.68. The average Bonchev–Trinajstić information content (AvgIpc) is 1.80. The van der Waals surface area contributed by atoms with Crippen molar-refractivity contribution in [2.75, 3.05) is 6.61 Å². The van der Waals surface area contributed by atoms with Gasteiger partial charge >= 0.3 is 0 Å². The standard InChI is InChI=1S/C6H11NO2/c1-4-3-9-5(2)6(8)7-4/h4-5H,3H2,1-2H3,(H,7,8)/t4-,5-/m0/s1. The topological polar surface area (TPSA) is 38.3 Å². The minimum atomic E-state index is -0.263. The third-order valence-electron chi connectivity index (χ3n) is 1.35. The molecule has 0 radical (unpaired) electrons. The van der Waals surface area contributed by atoms with Gasteiger partial charge in [-0.15, -0.1) is 0 Å². The molecular weight excluding hydrogens is 118 g/mol. The van der Waals surface area contributed by atoms with Gasteiger partial charge in [-0.2, -0.15) is 0 Å². The molecule has 1 fully saturated rings. The van der Waals surface area contributed by atoms with Crippen LogP contribution in [0.3, 0.4) is 0 Å². The normalized spacial score (nSPS) is 36.0. The van der Waals surface area contributed by atoms with Gasteiger partial charge in [-0.05, 0) is 13.8 Å². The van der Waals surface area contributed by atoms with Crippen LogP contribution in [0.25, 0.3) is 0 Å². The number of morpholine rings is 1. The highest BCUT2D eigenvalue weighted by Gasteiger charge is 2.21. The Morgan fingerprint density at radius 2 is 2.33 bits per heavy atom.